The van der Waals surface area contributed by atoms with Crippen LogP contribution in [0.3, 0.4) is 0 Å². The number of unbranched alkanes of at least 4 members (excludes halogenated alkanes) is 1. The summed E-state index contributed by atoms with van der Waals surface area (Å²) in [6.45, 7) is 4.04. The van der Waals surface area contributed by atoms with Gasteiger partial charge in [-0.25, -0.2) is 10.3 Å². The molecule has 0 heterocycles. The molecule has 17 heteroatoms. The second kappa shape index (κ2) is 29.1. The molecular formula is C23H44N7O10+. The van der Waals surface area contributed by atoms with E-state index < -0.39 is 17.9 Å². The Labute approximate surface area is 233 Å². The summed E-state index contributed by atoms with van der Waals surface area (Å²) in [5.41, 5.74) is 6.62. The van der Waals surface area contributed by atoms with Crippen LogP contribution in [0.4, 0.5) is 0 Å². The van der Waals surface area contributed by atoms with Crippen LogP contribution in [0.2, 0.25) is 0 Å². The van der Waals surface area contributed by atoms with E-state index in [1.165, 1.54) is 7.05 Å². The molecule has 40 heavy (non-hydrogen) atoms. The zero-order chi connectivity index (χ0) is 29.5. The SMILES string of the molecule is CN=[N+]=NCCOCCOCCOCC(=O)NC(CCCCNC(=O)COCCOCCOCCN=N)C(=O)O. The fourth-order valence-corrected chi connectivity index (χ4v) is 2.78. The summed E-state index contributed by atoms with van der Waals surface area (Å²) < 4.78 is 31.4. The van der Waals surface area contributed by atoms with Gasteiger partial charge in [0.05, 0.1) is 72.6 Å². The van der Waals surface area contributed by atoms with Crippen LogP contribution in [0.1, 0.15) is 19.3 Å². The number of aliphatic carboxylic acids is 1. The average molecular weight is 579 g/mol. The van der Waals surface area contributed by atoms with Crippen molar-refractivity contribution in [2.24, 2.45) is 15.3 Å². The lowest BCUT2D eigenvalue weighted by molar-refractivity contribution is -0.142. The molecule has 0 radical (unpaired) electrons. The topological polar surface area (TPSA) is 226 Å². The maximum absolute atomic E-state index is 12.0. The lowest BCUT2D eigenvalue weighted by Gasteiger charge is -2.15. The highest BCUT2D eigenvalue weighted by Gasteiger charge is 2.19. The lowest BCUT2D eigenvalue weighted by atomic mass is 10.1. The quantitative estimate of drug-likeness (QED) is 0.0509. The van der Waals surface area contributed by atoms with Gasteiger partial charge in [0.25, 0.3) is 0 Å². The van der Waals surface area contributed by atoms with E-state index in [0.717, 1.165) is 0 Å². The molecule has 0 saturated carbocycles. The van der Waals surface area contributed by atoms with Crippen molar-refractivity contribution in [1.29, 1.82) is 5.53 Å². The highest BCUT2D eigenvalue weighted by Crippen LogP contribution is 2.01. The molecule has 230 valence electrons. The van der Waals surface area contributed by atoms with Crippen molar-refractivity contribution in [2.45, 2.75) is 25.3 Å². The molecule has 0 bridgehead atoms. The van der Waals surface area contributed by atoms with Crippen LogP contribution in [0.25, 0.3) is 0 Å². The summed E-state index contributed by atoms with van der Waals surface area (Å²) in [7, 11) is 1.53. The molecule has 17 nitrogen and oxygen atoms in total. The Morgan fingerprint density at radius 2 is 1.30 bits per heavy atom. The second-order valence-electron chi connectivity index (χ2n) is 7.89. The molecule has 0 aliphatic rings. The Balaban J connectivity index is 3.68. The van der Waals surface area contributed by atoms with E-state index >= 15 is 0 Å². The summed E-state index contributed by atoms with van der Waals surface area (Å²) in [5.74, 6) is -1.96. The first kappa shape index (κ1) is 37.1. The normalized spacial score (nSPS) is 11.3. The van der Waals surface area contributed by atoms with Crippen molar-refractivity contribution in [1.82, 2.24) is 15.5 Å². The van der Waals surface area contributed by atoms with Gasteiger partial charge in [0.1, 0.15) is 43.1 Å². The smallest absolute Gasteiger partial charge is 0.326 e. The summed E-state index contributed by atoms with van der Waals surface area (Å²) in [6, 6.07) is -1.05. The highest BCUT2D eigenvalue weighted by atomic mass is 16.5. The molecule has 0 aromatic rings. The van der Waals surface area contributed by atoms with Crippen molar-refractivity contribution in [3.05, 3.63) is 0 Å². The van der Waals surface area contributed by atoms with Gasteiger partial charge < -0.3 is 44.2 Å². The number of nitrogens with zero attached hydrogens (tertiary/aromatic N) is 4. The van der Waals surface area contributed by atoms with Gasteiger partial charge in [0.2, 0.25) is 16.7 Å². The lowest BCUT2D eigenvalue weighted by Crippen LogP contribution is -2.42. The fraction of sp³-hybridized carbons (Fsp3) is 0.870. The molecule has 0 spiro atoms. The van der Waals surface area contributed by atoms with Gasteiger partial charge >= 0.3 is 5.97 Å². The number of amides is 2. The van der Waals surface area contributed by atoms with Crippen LogP contribution in [0.15, 0.2) is 15.3 Å². The number of rotatable bonds is 29. The minimum absolute atomic E-state index is 0.110. The first-order valence-corrected chi connectivity index (χ1v) is 13.0. The monoisotopic (exact) mass is 578 g/mol. The number of ether oxygens (including phenoxy) is 6. The van der Waals surface area contributed by atoms with E-state index in [1.54, 1.807) is 0 Å². The number of hydrogen-bond donors (Lipinski definition) is 4. The average Bonchev–Trinajstić information content (AvgIpc) is 2.93. The van der Waals surface area contributed by atoms with E-state index in [9.17, 15) is 19.5 Å². The number of carbonyl (C=O) groups is 3. The van der Waals surface area contributed by atoms with Crippen LogP contribution in [0.5, 0.6) is 0 Å². The van der Waals surface area contributed by atoms with Crippen molar-refractivity contribution < 1.29 is 47.9 Å². The van der Waals surface area contributed by atoms with Gasteiger partial charge in [-0.05, 0) is 19.3 Å². The van der Waals surface area contributed by atoms with Crippen molar-refractivity contribution >= 4 is 17.8 Å². The van der Waals surface area contributed by atoms with E-state index in [2.05, 4.69) is 30.9 Å². The third kappa shape index (κ3) is 26.7. The number of carbonyl (C=O) groups excluding carboxylic acids is 2. The highest BCUT2D eigenvalue weighted by molar-refractivity contribution is 5.84. The third-order valence-corrected chi connectivity index (χ3v) is 4.67. The molecular weight excluding hydrogens is 534 g/mol. The molecule has 0 aromatic carbocycles. The van der Waals surface area contributed by atoms with Crippen LogP contribution < -0.4 is 15.5 Å². The summed E-state index contributed by atoms with van der Waals surface area (Å²) >= 11 is 0. The zero-order valence-corrected chi connectivity index (χ0v) is 23.2. The molecule has 4 N–H and O–H groups in total. The standard InChI is InChI=1S/C23H43N7O10/c1-25-30-28-7-9-36-11-13-38-15-17-40-19-22(32)29-20(23(33)34)4-2-3-5-26-21(31)18-39-16-14-37-12-10-35-8-6-27-24/h20,24H,2-19H2,1H3,(H2-,26,29,31,32,33,34)/p+1. The predicted molar refractivity (Wildman–Crippen MR) is 139 cm³/mol. The van der Waals surface area contributed by atoms with Crippen LogP contribution in [-0.4, -0.2) is 135 Å². The Bertz CT molecular complexity index is 739. The zero-order valence-electron chi connectivity index (χ0n) is 23.2. The molecule has 0 aliphatic heterocycles. The van der Waals surface area contributed by atoms with Gasteiger partial charge in [0.15, 0.2) is 0 Å². The minimum Gasteiger partial charge on any atom is -0.480 e. The summed E-state index contributed by atoms with van der Waals surface area (Å²) in [4.78, 5) is 38.6. The third-order valence-electron chi connectivity index (χ3n) is 4.67. The van der Waals surface area contributed by atoms with Crippen LogP contribution >= 0.6 is 0 Å². The van der Waals surface area contributed by atoms with E-state index in [0.29, 0.717) is 78.7 Å². The molecule has 1 unspecified atom stereocenters. The summed E-state index contributed by atoms with van der Waals surface area (Å²) in [6.07, 6.45) is 1.24. The first-order chi connectivity index (χ1) is 19.5. The number of carboxylic acid groups (broad SMARTS) is 1. The predicted octanol–water partition coefficient (Wildman–Crippen LogP) is -0.426. The fourth-order valence-electron chi connectivity index (χ4n) is 2.78. The van der Waals surface area contributed by atoms with Gasteiger partial charge in [-0.2, -0.15) is 5.11 Å². The maximum Gasteiger partial charge on any atom is 0.326 e. The molecule has 1 atom stereocenters. The molecule has 0 aromatic heterocycles. The van der Waals surface area contributed by atoms with Crippen LogP contribution in [-0.2, 0) is 42.8 Å². The Morgan fingerprint density at radius 3 is 1.85 bits per heavy atom. The van der Waals surface area contributed by atoms with Crippen molar-refractivity contribution in [3.8, 4) is 0 Å². The maximum atomic E-state index is 12.0. The van der Waals surface area contributed by atoms with E-state index in [-0.39, 0.29) is 45.4 Å². The minimum atomic E-state index is -1.14. The van der Waals surface area contributed by atoms with Gasteiger partial charge in [0, 0.05) is 6.54 Å². The summed E-state index contributed by atoms with van der Waals surface area (Å²) in [5, 5.41) is 24.8. The molecule has 2 amide bonds. The van der Waals surface area contributed by atoms with Gasteiger partial charge in [-0.3, -0.25) is 9.59 Å². The Kier molecular flexibility index (Phi) is 26.9. The largest absolute Gasteiger partial charge is 0.480 e. The molecule has 0 saturated heterocycles. The molecule has 0 aliphatic carbocycles. The van der Waals surface area contributed by atoms with Gasteiger partial charge in [-0.15, -0.1) is 0 Å². The van der Waals surface area contributed by atoms with Gasteiger partial charge in [-0.1, -0.05) is 0 Å². The number of hydrogen-bond acceptors (Lipinski definition) is 13. The Morgan fingerprint density at radius 1 is 0.775 bits per heavy atom. The van der Waals surface area contributed by atoms with E-state index in [1.807, 2.05) is 0 Å². The van der Waals surface area contributed by atoms with E-state index in [4.69, 9.17) is 34.0 Å². The first-order valence-electron chi connectivity index (χ1n) is 13.0. The van der Waals surface area contributed by atoms with Crippen molar-refractivity contribution in [2.75, 3.05) is 106 Å². The second-order valence-corrected chi connectivity index (χ2v) is 7.89. The Hall–Kier alpha value is -2.92. The van der Waals surface area contributed by atoms with Crippen LogP contribution in [0, 0.1) is 5.53 Å². The molecule has 0 rings (SSSR count). The van der Waals surface area contributed by atoms with Crippen molar-refractivity contribution in [3.63, 3.8) is 0 Å². The number of carboxylic acids is 1. The number of nitrogens with one attached hydrogen (secondary N) is 3. The molecule has 0 fully saturated rings.